The van der Waals surface area contributed by atoms with Crippen molar-refractivity contribution in [3.05, 3.63) is 65.9 Å². The highest BCUT2D eigenvalue weighted by Crippen LogP contribution is 2.44. The number of hydrogen-bond donors (Lipinski definition) is 4. The Morgan fingerprint density at radius 3 is 2.24 bits per heavy atom. The molecule has 8 rings (SSSR count). The lowest BCUT2D eigenvalue weighted by Crippen LogP contribution is -2.52. The van der Waals surface area contributed by atoms with Gasteiger partial charge in [-0.3, -0.25) is 9.59 Å². The molecule has 2 saturated heterocycles. The summed E-state index contributed by atoms with van der Waals surface area (Å²) in [5.41, 5.74) is 6.59. The van der Waals surface area contributed by atoms with Crippen LogP contribution in [-0.2, 0) is 25.7 Å². The highest BCUT2D eigenvalue weighted by atomic mass is 16.5. The van der Waals surface area contributed by atoms with Crippen molar-refractivity contribution < 1.29 is 33.4 Å². The van der Waals surface area contributed by atoms with E-state index in [0.717, 1.165) is 81.2 Å². The minimum Gasteiger partial charge on any atom is -0.488 e. The van der Waals surface area contributed by atoms with Crippen molar-refractivity contribution in [2.45, 2.75) is 110 Å². The summed E-state index contributed by atoms with van der Waals surface area (Å²) in [6.45, 7) is 10.1. The van der Waals surface area contributed by atoms with E-state index in [0.29, 0.717) is 24.7 Å². The molecule has 6 atom stereocenters. The average molecular weight is 805 g/mol. The number of methoxy groups -OCH3 is 2. The van der Waals surface area contributed by atoms with E-state index in [4.69, 9.17) is 24.2 Å². The number of ether oxygens (including phenoxy) is 3. The maximum absolute atomic E-state index is 13.9. The summed E-state index contributed by atoms with van der Waals surface area (Å²) < 4.78 is 16.0. The number of fused-ring (bicyclic) bond motifs is 6. The normalized spacial score (nSPS) is 20.9. The monoisotopic (exact) mass is 804 g/mol. The zero-order valence-electron chi connectivity index (χ0n) is 34.5. The van der Waals surface area contributed by atoms with Gasteiger partial charge in [0.1, 0.15) is 36.1 Å². The molecule has 2 fully saturated rings. The standard InChI is InChI=1S/C44H52N8O7/c1-8-31(48-43(55)57-6)41(53)51-23(4)10-16-35(51)40-46-32-14-12-25-18-30-28-13-11-26(17-27(28)21-59-36(30)19-29(25)38(32)49-40)33-20-45-39(47-33)34-15-9-24(5)52(34)42(54)37(22(2)3)50-44(56)58-7/h11-14,17-20,22-24,31,34-35,37H,8-10,15-16,21H2,1-7H3,(H,45,47)(H,46,49)(H,48,55)(H,50,56)/t23-,24-,31-,34-,35-,37-/m0/s1. The van der Waals surface area contributed by atoms with Crippen LogP contribution in [0.15, 0.2) is 48.7 Å². The number of rotatable bonds is 9. The van der Waals surface area contributed by atoms with Gasteiger partial charge < -0.3 is 44.6 Å². The number of H-pyrrole nitrogens is 2. The quantitative estimate of drug-likeness (QED) is 0.119. The highest BCUT2D eigenvalue weighted by molar-refractivity contribution is 6.07. The van der Waals surface area contributed by atoms with Crippen molar-refractivity contribution in [3.63, 3.8) is 0 Å². The maximum atomic E-state index is 13.9. The summed E-state index contributed by atoms with van der Waals surface area (Å²) in [5, 5.41) is 7.38. The van der Waals surface area contributed by atoms with E-state index in [9.17, 15) is 19.2 Å². The van der Waals surface area contributed by atoms with Crippen LogP contribution in [0.4, 0.5) is 9.59 Å². The van der Waals surface area contributed by atoms with E-state index < -0.39 is 24.3 Å². The van der Waals surface area contributed by atoms with Crippen LogP contribution < -0.4 is 15.4 Å². The Labute approximate surface area is 342 Å². The van der Waals surface area contributed by atoms with Gasteiger partial charge in [-0.1, -0.05) is 39.0 Å². The molecule has 3 aliphatic rings. The molecule has 15 nitrogen and oxygen atoms in total. The van der Waals surface area contributed by atoms with Gasteiger partial charge in [0.2, 0.25) is 11.8 Å². The summed E-state index contributed by atoms with van der Waals surface area (Å²) in [5.74, 6) is 1.77. The van der Waals surface area contributed by atoms with Crippen LogP contribution in [0.1, 0.15) is 96.0 Å². The third kappa shape index (κ3) is 7.20. The first-order chi connectivity index (χ1) is 28.4. The molecule has 0 spiro atoms. The molecule has 0 saturated carbocycles. The molecule has 3 aliphatic heterocycles. The Balaban J connectivity index is 1.04. The summed E-state index contributed by atoms with van der Waals surface area (Å²) in [6.07, 6.45) is 4.14. The number of aromatic amines is 2. The van der Waals surface area contributed by atoms with Crippen LogP contribution in [0.25, 0.3) is 44.2 Å². The van der Waals surface area contributed by atoms with Crippen molar-refractivity contribution in [2.24, 2.45) is 5.92 Å². The number of likely N-dealkylation sites (tertiary alicyclic amines) is 2. The molecule has 3 aromatic carbocycles. The predicted molar refractivity (Wildman–Crippen MR) is 221 cm³/mol. The maximum Gasteiger partial charge on any atom is 0.407 e. The van der Waals surface area contributed by atoms with Gasteiger partial charge in [0.25, 0.3) is 0 Å². The molecule has 5 aromatic rings. The molecule has 59 heavy (non-hydrogen) atoms. The van der Waals surface area contributed by atoms with E-state index in [1.165, 1.54) is 14.2 Å². The zero-order valence-corrected chi connectivity index (χ0v) is 34.5. The molecule has 0 unspecified atom stereocenters. The Bertz CT molecular complexity index is 2440. The van der Waals surface area contributed by atoms with Gasteiger partial charge in [0.15, 0.2) is 0 Å². The number of carbonyl (C=O) groups is 4. The van der Waals surface area contributed by atoms with Crippen LogP contribution in [0, 0.1) is 5.92 Å². The van der Waals surface area contributed by atoms with E-state index in [2.05, 4.69) is 57.0 Å². The van der Waals surface area contributed by atoms with Crippen LogP contribution in [0.2, 0.25) is 0 Å². The number of amides is 4. The lowest BCUT2D eigenvalue weighted by atomic mass is 9.92. The molecule has 0 radical (unpaired) electrons. The Morgan fingerprint density at radius 2 is 1.54 bits per heavy atom. The molecular weight excluding hydrogens is 753 g/mol. The zero-order chi connectivity index (χ0) is 41.7. The van der Waals surface area contributed by atoms with Crippen LogP contribution in [0.3, 0.4) is 0 Å². The summed E-state index contributed by atoms with van der Waals surface area (Å²) in [6, 6.07) is 12.7. The smallest absolute Gasteiger partial charge is 0.407 e. The molecule has 4 N–H and O–H groups in total. The van der Waals surface area contributed by atoms with E-state index in [1.807, 2.05) is 56.7 Å². The van der Waals surface area contributed by atoms with Gasteiger partial charge in [0.05, 0.1) is 49.2 Å². The van der Waals surface area contributed by atoms with Crippen LogP contribution >= 0.6 is 0 Å². The minimum atomic E-state index is -0.717. The Hall–Kier alpha value is -6.12. The largest absolute Gasteiger partial charge is 0.488 e. The third-order valence-corrected chi connectivity index (χ3v) is 12.3. The average Bonchev–Trinajstić information content (AvgIpc) is 4.06. The van der Waals surface area contributed by atoms with Gasteiger partial charge in [-0.2, -0.15) is 0 Å². The van der Waals surface area contributed by atoms with Crippen molar-refractivity contribution >= 4 is 45.8 Å². The van der Waals surface area contributed by atoms with Gasteiger partial charge in [-0.05, 0) is 98.2 Å². The Kier molecular flexibility index (Phi) is 10.7. The number of nitrogens with zero attached hydrogens (tertiary/aromatic N) is 4. The number of imidazole rings is 2. The summed E-state index contributed by atoms with van der Waals surface area (Å²) >= 11 is 0. The van der Waals surface area contributed by atoms with Crippen molar-refractivity contribution in [1.29, 1.82) is 0 Å². The summed E-state index contributed by atoms with van der Waals surface area (Å²) in [7, 11) is 2.58. The molecule has 0 bridgehead atoms. The van der Waals surface area contributed by atoms with Crippen molar-refractivity contribution in [3.8, 4) is 28.1 Å². The molecule has 0 aliphatic carbocycles. The number of nitrogens with one attached hydrogen (secondary N) is 4. The van der Waals surface area contributed by atoms with Gasteiger partial charge in [-0.15, -0.1) is 0 Å². The van der Waals surface area contributed by atoms with Gasteiger partial charge >= 0.3 is 12.2 Å². The van der Waals surface area contributed by atoms with Crippen molar-refractivity contribution in [2.75, 3.05) is 14.2 Å². The van der Waals surface area contributed by atoms with Crippen LogP contribution in [0.5, 0.6) is 5.75 Å². The number of aromatic nitrogens is 4. The Morgan fingerprint density at radius 1 is 0.847 bits per heavy atom. The second-order valence-corrected chi connectivity index (χ2v) is 16.3. The molecule has 310 valence electrons. The fourth-order valence-electron chi connectivity index (χ4n) is 9.11. The second-order valence-electron chi connectivity index (χ2n) is 16.3. The first-order valence-corrected chi connectivity index (χ1v) is 20.5. The fourth-order valence-corrected chi connectivity index (χ4v) is 9.11. The molecule has 4 amide bonds. The molecule has 15 heteroatoms. The minimum absolute atomic E-state index is 0.0136. The van der Waals surface area contributed by atoms with E-state index >= 15 is 0 Å². The van der Waals surface area contributed by atoms with Crippen molar-refractivity contribution in [1.82, 2.24) is 40.4 Å². The first-order valence-electron chi connectivity index (χ1n) is 20.5. The van der Waals surface area contributed by atoms with Gasteiger partial charge in [-0.25, -0.2) is 19.6 Å². The third-order valence-electron chi connectivity index (χ3n) is 12.3. The first kappa shape index (κ1) is 39.7. The summed E-state index contributed by atoms with van der Waals surface area (Å²) in [4.78, 5) is 72.3. The number of hydrogen-bond acceptors (Lipinski definition) is 9. The predicted octanol–water partition coefficient (Wildman–Crippen LogP) is 7.28. The number of benzene rings is 3. The van der Waals surface area contributed by atoms with Crippen LogP contribution in [-0.4, -0.2) is 92.1 Å². The lowest BCUT2D eigenvalue weighted by Gasteiger charge is -2.32. The molecule has 2 aromatic heterocycles. The second kappa shape index (κ2) is 15.9. The highest BCUT2D eigenvalue weighted by Gasteiger charge is 2.42. The fraction of sp³-hybridized carbons (Fsp3) is 0.455. The SMILES string of the molecule is CC[C@H](NC(=O)OC)C(=O)N1[C@@H](C)CC[C@H]1c1nc2c(ccc3cc4c(cc32)OCc2cc(-c3cnc([C@@H]5CC[C@H](C)N5C(=O)[C@@H](NC(=O)OC)C(C)C)[nH]3)ccc2-4)[nH]1. The number of carbonyl (C=O) groups excluding carboxylic acids is 4. The molecular formula is C44H52N8O7. The lowest BCUT2D eigenvalue weighted by molar-refractivity contribution is -0.137. The van der Waals surface area contributed by atoms with E-state index in [-0.39, 0.29) is 41.9 Å². The van der Waals surface area contributed by atoms with E-state index in [1.54, 1.807) is 0 Å². The topological polar surface area (TPSA) is 184 Å². The number of alkyl carbamates (subject to hydrolysis) is 2. The molecule has 5 heterocycles. The van der Waals surface area contributed by atoms with Gasteiger partial charge in [0, 0.05) is 23.0 Å².